The highest BCUT2D eigenvalue weighted by molar-refractivity contribution is 14.1. The zero-order valence-electron chi connectivity index (χ0n) is 8.64. The summed E-state index contributed by atoms with van der Waals surface area (Å²) < 4.78 is 12.0. The summed E-state index contributed by atoms with van der Waals surface area (Å²) in [5.74, 6) is 1.31. The molecule has 0 N–H and O–H groups in total. The SMILES string of the molecule is COc1ccccc1N1CC(=CI)OC1=O. The van der Waals surface area contributed by atoms with E-state index in [-0.39, 0.29) is 6.09 Å². The van der Waals surface area contributed by atoms with Crippen molar-refractivity contribution in [2.24, 2.45) is 0 Å². The fourth-order valence-corrected chi connectivity index (χ4v) is 1.84. The van der Waals surface area contributed by atoms with E-state index in [0.29, 0.717) is 18.1 Å². The first-order valence-electron chi connectivity index (χ1n) is 4.68. The average Bonchev–Trinajstić information content (AvgIpc) is 2.70. The van der Waals surface area contributed by atoms with Gasteiger partial charge in [0.25, 0.3) is 0 Å². The Morgan fingerprint density at radius 3 is 2.88 bits per heavy atom. The van der Waals surface area contributed by atoms with Crippen molar-refractivity contribution >= 4 is 34.4 Å². The van der Waals surface area contributed by atoms with E-state index in [2.05, 4.69) is 0 Å². The number of amides is 1. The van der Waals surface area contributed by atoms with Crippen LogP contribution in [0.25, 0.3) is 0 Å². The molecule has 0 radical (unpaired) electrons. The molecule has 1 amide bonds. The van der Waals surface area contributed by atoms with Crippen molar-refractivity contribution in [3.05, 3.63) is 34.1 Å². The first-order chi connectivity index (χ1) is 7.76. The summed E-state index contributed by atoms with van der Waals surface area (Å²) in [5.41, 5.74) is 0.725. The number of nitrogens with zero attached hydrogens (tertiary/aromatic N) is 1. The third-order valence-electron chi connectivity index (χ3n) is 2.25. The molecule has 0 saturated carbocycles. The second-order valence-corrected chi connectivity index (χ2v) is 3.82. The number of halogens is 1. The Morgan fingerprint density at radius 2 is 2.25 bits per heavy atom. The predicted molar refractivity (Wildman–Crippen MR) is 68.9 cm³/mol. The maximum Gasteiger partial charge on any atom is 0.420 e. The number of hydrogen-bond donors (Lipinski definition) is 0. The summed E-state index contributed by atoms with van der Waals surface area (Å²) in [7, 11) is 1.58. The van der Waals surface area contributed by atoms with Gasteiger partial charge in [0.1, 0.15) is 11.5 Å². The Kier molecular flexibility index (Phi) is 3.33. The monoisotopic (exact) mass is 331 g/mol. The molecule has 84 valence electrons. The van der Waals surface area contributed by atoms with Crippen molar-refractivity contribution in [1.82, 2.24) is 0 Å². The van der Waals surface area contributed by atoms with Crippen LogP contribution in [0, 0.1) is 0 Å². The molecule has 1 heterocycles. The molecule has 1 aliphatic rings. The van der Waals surface area contributed by atoms with E-state index in [1.807, 2.05) is 46.9 Å². The fourth-order valence-electron chi connectivity index (χ4n) is 1.51. The number of para-hydroxylation sites is 2. The third-order valence-corrected chi connectivity index (χ3v) is 2.95. The van der Waals surface area contributed by atoms with Crippen LogP contribution in [0.4, 0.5) is 10.5 Å². The number of anilines is 1. The average molecular weight is 331 g/mol. The molecule has 0 atom stereocenters. The molecule has 5 heteroatoms. The van der Waals surface area contributed by atoms with Gasteiger partial charge in [0.2, 0.25) is 0 Å². The fraction of sp³-hybridized carbons (Fsp3) is 0.182. The van der Waals surface area contributed by atoms with Crippen LogP contribution in [-0.2, 0) is 4.74 Å². The smallest absolute Gasteiger partial charge is 0.420 e. The van der Waals surface area contributed by atoms with Gasteiger partial charge in [-0.05, 0) is 34.7 Å². The maximum atomic E-state index is 11.6. The lowest BCUT2D eigenvalue weighted by atomic mass is 10.2. The molecule has 0 aromatic heterocycles. The Bertz CT molecular complexity index is 445. The number of cyclic esters (lactones) is 1. The van der Waals surface area contributed by atoms with Gasteiger partial charge in [0.15, 0.2) is 0 Å². The zero-order chi connectivity index (χ0) is 11.5. The Hall–Kier alpha value is -1.24. The van der Waals surface area contributed by atoms with Crippen LogP contribution in [-0.4, -0.2) is 19.7 Å². The van der Waals surface area contributed by atoms with Crippen LogP contribution < -0.4 is 9.64 Å². The predicted octanol–water partition coefficient (Wildman–Crippen LogP) is 2.93. The van der Waals surface area contributed by atoms with Gasteiger partial charge in [0.05, 0.1) is 19.3 Å². The maximum absolute atomic E-state index is 11.6. The standard InChI is InChI=1S/C11H10INO3/c1-15-10-5-3-2-4-9(10)13-7-8(6-12)16-11(13)14/h2-6H,7H2,1H3. The van der Waals surface area contributed by atoms with Crippen LogP contribution in [0.2, 0.25) is 0 Å². The minimum Gasteiger partial charge on any atom is -0.495 e. The quantitative estimate of drug-likeness (QED) is 0.782. The second-order valence-electron chi connectivity index (χ2n) is 3.20. The van der Waals surface area contributed by atoms with E-state index in [4.69, 9.17) is 9.47 Å². The molecule has 4 nitrogen and oxygen atoms in total. The van der Waals surface area contributed by atoms with Crippen molar-refractivity contribution in [2.45, 2.75) is 0 Å². The Morgan fingerprint density at radius 1 is 1.50 bits per heavy atom. The number of methoxy groups -OCH3 is 1. The third kappa shape index (κ3) is 1.99. The van der Waals surface area contributed by atoms with E-state index in [9.17, 15) is 4.79 Å². The van der Waals surface area contributed by atoms with Gasteiger partial charge in [0, 0.05) is 4.08 Å². The molecule has 1 saturated heterocycles. The Balaban J connectivity index is 2.34. The van der Waals surface area contributed by atoms with E-state index < -0.39 is 0 Å². The molecule has 2 rings (SSSR count). The minimum absolute atomic E-state index is 0.368. The topological polar surface area (TPSA) is 38.8 Å². The molecule has 0 aliphatic carbocycles. The van der Waals surface area contributed by atoms with Gasteiger partial charge in [-0.1, -0.05) is 12.1 Å². The summed E-state index contributed by atoms with van der Waals surface area (Å²) in [5, 5.41) is 0. The first-order valence-corrected chi connectivity index (χ1v) is 5.92. The van der Waals surface area contributed by atoms with Crippen molar-refractivity contribution in [3.63, 3.8) is 0 Å². The molecule has 1 aromatic carbocycles. The number of carbonyl (C=O) groups excluding carboxylic acids is 1. The van der Waals surface area contributed by atoms with Crippen LogP contribution in [0.5, 0.6) is 5.75 Å². The molecule has 0 bridgehead atoms. The van der Waals surface area contributed by atoms with Crippen LogP contribution in [0.15, 0.2) is 34.1 Å². The zero-order valence-corrected chi connectivity index (χ0v) is 10.8. The van der Waals surface area contributed by atoms with E-state index in [1.165, 1.54) is 0 Å². The second kappa shape index (κ2) is 4.73. The van der Waals surface area contributed by atoms with Gasteiger partial charge in [-0.2, -0.15) is 0 Å². The number of rotatable bonds is 2. The highest BCUT2D eigenvalue weighted by Gasteiger charge is 2.29. The van der Waals surface area contributed by atoms with Crippen LogP contribution in [0.1, 0.15) is 0 Å². The van der Waals surface area contributed by atoms with Gasteiger partial charge < -0.3 is 9.47 Å². The van der Waals surface area contributed by atoms with E-state index >= 15 is 0 Å². The lowest BCUT2D eigenvalue weighted by molar-refractivity contribution is 0.199. The normalized spacial score (nSPS) is 17.8. The molecule has 0 unspecified atom stereocenters. The van der Waals surface area contributed by atoms with Gasteiger partial charge in [-0.15, -0.1) is 0 Å². The van der Waals surface area contributed by atoms with Crippen LogP contribution in [0.3, 0.4) is 0 Å². The van der Waals surface area contributed by atoms with Crippen molar-refractivity contribution < 1.29 is 14.3 Å². The number of carbonyl (C=O) groups is 1. The highest BCUT2D eigenvalue weighted by atomic mass is 127. The molecule has 1 fully saturated rings. The Labute approximate surface area is 107 Å². The lowest BCUT2D eigenvalue weighted by Crippen LogP contribution is -2.23. The van der Waals surface area contributed by atoms with Crippen molar-refractivity contribution in [2.75, 3.05) is 18.6 Å². The summed E-state index contributed by atoms with van der Waals surface area (Å²) >= 11 is 2.05. The number of hydrogen-bond acceptors (Lipinski definition) is 3. The summed E-state index contributed by atoms with van der Waals surface area (Å²) in [6, 6.07) is 7.36. The summed E-state index contributed by atoms with van der Waals surface area (Å²) in [4.78, 5) is 13.2. The van der Waals surface area contributed by atoms with Gasteiger partial charge >= 0.3 is 6.09 Å². The van der Waals surface area contributed by atoms with Crippen molar-refractivity contribution in [3.8, 4) is 5.75 Å². The molecular weight excluding hydrogens is 321 g/mol. The van der Waals surface area contributed by atoms with Gasteiger partial charge in [-0.3, -0.25) is 4.90 Å². The highest BCUT2D eigenvalue weighted by Crippen LogP contribution is 2.31. The van der Waals surface area contributed by atoms with Crippen molar-refractivity contribution in [1.29, 1.82) is 0 Å². The number of ether oxygens (including phenoxy) is 2. The number of benzene rings is 1. The minimum atomic E-state index is -0.368. The molecule has 0 spiro atoms. The van der Waals surface area contributed by atoms with E-state index in [0.717, 1.165) is 5.69 Å². The summed E-state index contributed by atoms with van der Waals surface area (Å²) in [6.07, 6.45) is -0.368. The summed E-state index contributed by atoms with van der Waals surface area (Å²) in [6.45, 7) is 0.447. The molecule has 16 heavy (non-hydrogen) atoms. The first kappa shape index (κ1) is 11.3. The largest absolute Gasteiger partial charge is 0.495 e. The lowest BCUT2D eigenvalue weighted by Gasteiger charge is -2.15. The van der Waals surface area contributed by atoms with E-state index in [1.54, 1.807) is 16.1 Å². The molecule has 1 aromatic rings. The molecule has 1 aliphatic heterocycles. The van der Waals surface area contributed by atoms with Gasteiger partial charge in [-0.25, -0.2) is 4.79 Å². The van der Waals surface area contributed by atoms with Crippen LogP contribution >= 0.6 is 22.6 Å². The molecular formula is C11H10INO3.